The van der Waals surface area contributed by atoms with Crippen molar-refractivity contribution in [3.05, 3.63) is 30.1 Å². The molecule has 0 amide bonds. The topological polar surface area (TPSA) is 16.1 Å². The predicted molar refractivity (Wildman–Crippen MR) is 62.7 cm³/mol. The summed E-state index contributed by atoms with van der Waals surface area (Å²) in [6, 6.07) is 6.28. The number of hydrogen-bond donors (Lipinski definition) is 0. The van der Waals surface area contributed by atoms with Crippen LogP contribution in [0.2, 0.25) is 0 Å². The highest BCUT2D eigenvalue weighted by molar-refractivity contribution is 5.18. The summed E-state index contributed by atoms with van der Waals surface area (Å²) in [6.45, 7) is 6.88. The first-order chi connectivity index (χ1) is 7.33. The fourth-order valence-corrected chi connectivity index (χ4v) is 2.90. The largest absolute Gasteiger partial charge is 0.292 e. The van der Waals surface area contributed by atoms with Gasteiger partial charge in [0.15, 0.2) is 0 Å². The molecule has 0 bridgehead atoms. The molecular weight excluding hydrogens is 184 g/mol. The lowest BCUT2D eigenvalue weighted by Crippen LogP contribution is -2.41. The Labute approximate surface area is 92.3 Å². The molecule has 1 saturated heterocycles. The molecule has 2 heteroatoms. The molecule has 0 radical (unpaired) electrons. The van der Waals surface area contributed by atoms with E-state index in [9.17, 15) is 0 Å². The minimum Gasteiger partial charge on any atom is -0.292 e. The molecule has 0 N–H and O–H groups in total. The highest BCUT2D eigenvalue weighted by atomic mass is 15.2. The van der Waals surface area contributed by atoms with Gasteiger partial charge in [-0.2, -0.15) is 0 Å². The second-order valence-electron chi connectivity index (χ2n) is 4.28. The highest BCUT2D eigenvalue weighted by Crippen LogP contribution is 2.40. The van der Waals surface area contributed by atoms with Crippen LogP contribution in [0.1, 0.15) is 38.8 Å². The van der Waals surface area contributed by atoms with Crippen LogP contribution in [-0.4, -0.2) is 23.0 Å². The van der Waals surface area contributed by atoms with E-state index in [1.807, 2.05) is 12.3 Å². The molecular formula is C13H20N2. The third-order valence-corrected chi connectivity index (χ3v) is 3.73. The third kappa shape index (κ3) is 1.67. The van der Waals surface area contributed by atoms with Gasteiger partial charge in [-0.15, -0.1) is 0 Å². The van der Waals surface area contributed by atoms with Gasteiger partial charge in [0.05, 0.1) is 11.2 Å². The quantitative estimate of drug-likeness (QED) is 0.752. The number of rotatable bonds is 3. The first kappa shape index (κ1) is 10.6. The van der Waals surface area contributed by atoms with Crippen LogP contribution in [0.15, 0.2) is 24.4 Å². The zero-order valence-corrected chi connectivity index (χ0v) is 9.74. The lowest BCUT2D eigenvalue weighted by Gasteiger charge is -2.36. The van der Waals surface area contributed by atoms with E-state index in [1.54, 1.807) is 0 Å². The summed E-state index contributed by atoms with van der Waals surface area (Å²) in [7, 11) is 0. The van der Waals surface area contributed by atoms with Crippen molar-refractivity contribution in [1.82, 2.24) is 9.88 Å². The highest BCUT2D eigenvalue weighted by Gasteiger charge is 2.40. The van der Waals surface area contributed by atoms with Gasteiger partial charge in [-0.05, 0) is 44.5 Å². The standard InChI is InChI=1S/C13H20N2/c1-3-13(9-7-11-15(13)4-2)12-8-5-6-10-14-12/h5-6,8,10H,3-4,7,9,11H2,1-2H3/t13-/m0/s1. The van der Waals surface area contributed by atoms with E-state index in [-0.39, 0.29) is 5.54 Å². The molecule has 1 aromatic rings. The summed E-state index contributed by atoms with van der Waals surface area (Å²) in [5.74, 6) is 0. The second-order valence-corrected chi connectivity index (χ2v) is 4.28. The van der Waals surface area contributed by atoms with Crippen LogP contribution in [0.25, 0.3) is 0 Å². The zero-order chi connectivity index (χ0) is 10.7. The van der Waals surface area contributed by atoms with Gasteiger partial charge < -0.3 is 0 Å². The molecule has 2 heterocycles. The van der Waals surface area contributed by atoms with E-state index in [0.717, 1.165) is 13.0 Å². The van der Waals surface area contributed by atoms with Crippen LogP contribution < -0.4 is 0 Å². The number of hydrogen-bond acceptors (Lipinski definition) is 2. The van der Waals surface area contributed by atoms with Gasteiger partial charge in [0.1, 0.15) is 0 Å². The van der Waals surface area contributed by atoms with Gasteiger partial charge in [0.25, 0.3) is 0 Å². The van der Waals surface area contributed by atoms with Gasteiger partial charge in [-0.1, -0.05) is 19.9 Å². The number of aromatic nitrogens is 1. The average molecular weight is 204 g/mol. The van der Waals surface area contributed by atoms with Crippen molar-refractivity contribution in [3.63, 3.8) is 0 Å². The molecule has 2 rings (SSSR count). The molecule has 82 valence electrons. The van der Waals surface area contributed by atoms with Gasteiger partial charge >= 0.3 is 0 Å². The van der Waals surface area contributed by atoms with Gasteiger partial charge in [0, 0.05) is 6.20 Å². The molecule has 0 aliphatic carbocycles. The smallest absolute Gasteiger partial charge is 0.0631 e. The molecule has 1 fully saturated rings. The van der Waals surface area contributed by atoms with Gasteiger partial charge in [-0.25, -0.2) is 0 Å². The van der Waals surface area contributed by atoms with Crippen molar-refractivity contribution >= 4 is 0 Å². The van der Waals surface area contributed by atoms with Crippen molar-refractivity contribution in [2.24, 2.45) is 0 Å². The van der Waals surface area contributed by atoms with E-state index in [0.29, 0.717) is 0 Å². The van der Waals surface area contributed by atoms with Crippen molar-refractivity contribution in [2.45, 2.75) is 38.6 Å². The molecule has 1 aromatic heterocycles. The molecule has 0 unspecified atom stereocenters. The SMILES string of the molecule is CCN1CCC[C@@]1(CC)c1ccccn1. The summed E-state index contributed by atoms with van der Waals surface area (Å²) in [5.41, 5.74) is 1.47. The monoisotopic (exact) mass is 204 g/mol. The molecule has 1 aliphatic rings. The van der Waals surface area contributed by atoms with E-state index in [4.69, 9.17) is 0 Å². The zero-order valence-electron chi connectivity index (χ0n) is 9.74. The number of pyridine rings is 1. The first-order valence-corrected chi connectivity index (χ1v) is 6.00. The maximum atomic E-state index is 4.56. The average Bonchev–Trinajstić information content (AvgIpc) is 2.74. The Morgan fingerprint density at radius 1 is 1.40 bits per heavy atom. The fraction of sp³-hybridized carbons (Fsp3) is 0.615. The van der Waals surface area contributed by atoms with E-state index in [1.165, 1.54) is 25.1 Å². The van der Waals surface area contributed by atoms with E-state index < -0.39 is 0 Å². The molecule has 0 aromatic carbocycles. The summed E-state index contributed by atoms with van der Waals surface area (Å²) >= 11 is 0. The van der Waals surface area contributed by atoms with Crippen LogP contribution in [-0.2, 0) is 5.54 Å². The second kappa shape index (κ2) is 4.31. The van der Waals surface area contributed by atoms with E-state index in [2.05, 4.69) is 35.9 Å². The molecule has 1 atom stereocenters. The summed E-state index contributed by atoms with van der Waals surface area (Å²) in [6.07, 6.45) is 5.64. The Bertz CT molecular complexity index is 310. The Hall–Kier alpha value is -0.890. The molecule has 0 saturated carbocycles. The Kier molecular flexibility index (Phi) is 3.06. The Balaban J connectivity index is 2.36. The van der Waals surface area contributed by atoms with Crippen LogP contribution in [0, 0.1) is 0 Å². The predicted octanol–water partition coefficient (Wildman–Crippen LogP) is 2.80. The lowest BCUT2D eigenvalue weighted by atomic mass is 9.88. The van der Waals surface area contributed by atoms with Crippen molar-refractivity contribution in [3.8, 4) is 0 Å². The van der Waals surface area contributed by atoms with Crippen LogP contribution >= 0.6 is 0 Å². The fourth-order valence-electron chi connectivity index (χ4n) is 2.90. The molecule has 1 aliphatic heterocycles. The normalized spacial score (nSPS) is 27.1. The van der Waals surface area contributed by atoms with E-state index >= 15 is 0 Å². The summed E-state index contributed by atoms with van der Waals surface area (Å²) in [5, 5.41) is 0. The van der Waals surface area contributed by atoms with Crippen LogP contribution in [0.4, 0.5) is 0 Å². The van der Waals surface area contributed by atoms with Gasteiger partial charge in [-0.3, -0.25) is 9.88 Å². The Morgan fingerprint density at radius 3 is 2.87 bits per heavy atom. The minimum absolute atomic E-state index is 0.218. The Morgan fingerprint density at radius 2 is 2.27 bits per heavy atom. The van der Waals surface area contributed by atoms with Crippen molar-refractivity contribution in [1.29, 1.82) is 0 Å². The summed E-state index contributed by atoms with van der Waals surface area (Å²) < 4.78 is 0. The maximum absolute atomic E-state index is 4.56. The van der Waals surface area contributed by atoms with Crippen LogP contribution in [0.5, 0.6) is 0 Å². The third-order valence-electron chi connectivity index (χ3n) is 3.73. The number of nitrogens with zero attached hydrogens (tertiary/aromatic N) is 2. The van der Waals surface area contributed by atoms with Crippen molar-refractivity contribution < 1.29 is 0 Å². The molecule has 2 nitrogen and oxygen atoms in total. The lowest BCUT2D eigenvalue weighted by molar-refractivity contribution is 0.134. The first-order valence-electron chi connectivity index (χ1n) is 6.00. The molecule has 15 heavy (non-hydrogen) atoms. The molecule has 0 spiro atoms. The number of likely N-dealkylation sites (tertiary alicyclic amines) is 1. The van der Waals surface area contributed by atoms with Gasteiger partial charge in [0.2, 0.25) is 0 Å². The minimum atomic E-state index is 0.218. The van der Waals surface area contributed by atoms with Crippen LogP contribution in [0.3, 0.4) is 0 Å². The maximum Gasteiger partial charge on any atom is 0.0631 e. The van der Waals surface area contributed by atoms with Crippen molar-refractivity contribution in [2.75, 3.05) is 13.1 Å². The summed E-state index contributed by atoms with van der Waals surface area (Å²) in [4.78, 5) is 7.14.